The first-order valence-electron chi connectivity index (χ1n) is 12.8. The molecule has 1 fully saturated rings. The van der Waals surface area contributed by atoms with Crippen LogP contribution in [-0.2, 0) is 14.4 Å². The van der Waals surface area contributed by atoms with Crippen LogP contribution in [0.1, 0.15) is 51.6 Å². The Morgan fingerprint density at radius 3 is 1.84 bits per heavy atom. The van der Waals surface area contributed by atoms with Crippen LogP contribution < -0.4 is 5.32 Å². The van der Waals surface area contributed by atoms with Crippen molar-refractivity contribution >= 4 is 35.2 Å². The molecule has 3 atom stereocenters. The number of anilines is 1. The second-order valence-corrected chi connectivity index (χ2v) is 11.4. The molecule has 0 spiro atoms. The Balaban J connectivity index is 1.40. The molecule has 0 saturated carbocycles. The van der Waals surface area contributed by atoms with Crippen molar-refractivity contribution in [3.8, 4) is 0 Å². The molecule has 0 aromatic heterocycles. The van der Waals surface area contributed by atoms with Crippen LogP contribution >= 0.6 is 11.8 Å². The second kappa shape index (κ2) is 9.18. The van der Waals surface area contributed by atoms with Crippen LogP contribution in [0, 0.1) is 25.7 Å². The third kappa shape index (κ3) is 3.64. The first-order valence-corrected chi connectivity index (χ1v) is 14.2. The van der Waals surface area contributed by atoms with Crippen molar-refractivity contribution in [2.75, 3.05) is 17.3 Å². The molecule has 1 saturated heterocycles. The van der Waals surface area contributed by atoms with Gasteiger partial charge in [-0.05, 0) is 66.2 Å². The van der Waals surface area contributed by atoms with Gasteiger partial charge in [0.2, 0.25) is 17.7 Å². The number of imide groups is 1. The number of rotatable bonds is 6. The molecule has 6 heteroatoms. The first kappa shape index (κ1) is 24.0. The third-order valence-electron chi connectivity index (χ3n) is 8.33. The Kier molecular flexibility index (Phi) is 5.95. The van der Waals surface area contributed by atoms with Crippen molar-refractivity contribution in [1.82, 2.24) is 4.90 Å². The van der Waals surface area contributed by atoms with E-state index in [0.717, 1.165) is 33.4 Å². The van der Waals surface area contributed by atoms with Crippen molar-refractivity contribution in [3.05, 3.63) is 100 Å². The van der Waals surface area contributed by atoms with Gasteiger partial charge >= 0.3 is 0 Å². The highest BCUT2D eigenvalue weighted by Crippen LogP contribution is 2.61. The predicted molar refractivity (Wildman–Crippen MR) is 147 cm³/mol. The summed E-state index contributed by atoms with van der Waals surface area (Å²) in [6.07, 6.45) is 2.39. The van der Waals surface area contributed by atoms with Gasteiger partial charge in [0.05, 0.1) is 11.8 Å². The van der Waals surface area contributed by atoms with Gasteiger partial charge in [0.15, 0.2) is 0 Å². The van der Waals surface area contributed by atoms with Gasteiger partial charge in [-0.25, -0.2) is 0 Å². The highest BCUT2D eigenvalue weighted by atomic mass is 32.2. The lowest BCUT2D eigenvalue weighted by molar-refractivity contribution is -0.146. The largest absolute Gasteiger partial charge is 0.324 e. The fourth-order valence-corrected chi connectivity index (χ4v) is 7.24. The Labute approximate surface area is 221 Å². The van der Waals surface area contributed by atoms with E-state index in [2.05, 4.69) is 29.6 Å². The standard InChI is InChI=1S/C31H30N2O3S/c1-17-12-13-23(18(2)16-17)32-29(34)24(14-15-37-3)33-30(35)27-25-19-8-4-5-9-20(19)26(28(27)31(33)36)22-11-7-6-10-21(22)25/h4-13,16,24-28H,14-15H2,1-3H3,(H,32,34)/t24-,25?,26?,27-,28-/m0/s1. The van der Waals surface area contributed by atoms with E-state index < -0.39 is 17.9 Å². The van der Waals surface area contributed by atoms with Crippen molar-refractivity contribution < 1.29 is 14.4 Å². The normalized spacial score (nSPS) is 23.9. The van der Waals surface area contributed by atoms with E-state index in [4.69, 9.17) is 0 Å². The van der Waals surface area contributed by atoms with Crippen molar-refractivity contribution in [1.29, 1.82) is 0 Å². The number of thioether (sulfide) groups is 1. The average Bonchev–Trinajstić information content (AvgIpc) is 3.16. The molecule has 3 aliphatic carbocycles. The maximum atomic E-state index is 14.2. The Bertz CT molecular complexity index is 1320. The van der Waals surface area contributed by atoms with Gasteiger partial charge in [0.25, 0.3) is 0 Å². The summed E-state index contributed by atoms with van der Waals surface area (Å²) in [5.74, 6) is -1.36. The third-order valence-corrected chi connectivity index (χ3v) is 8.98. The predicted octanol–water partition coefficient (Wildman–Crippen LogP) is 5.26. The van der Waals surface area contributed by atoms with Crippen molar-refractivity contribution in [2.24, 2.45) is 11.8 Å². The molecule has 1 heterocycles. The van der Waals surface area contributed by atoms with Crippen molar-refractivity contribution in [3.63, 3.8) is 0 Å². The molecule has 188 valence electrons. The fourth-order valence-electron chi connectivity index (χ4n) is 6.78. The number of carbonyl (C=O) groups is 3. The summed E-state index contributed by atoms with van der Waals surface area (Å²) in [6, 6.07) is 21.4. The van der Waals surface area contributed by atoms with Gasteiger partial charge in [0.1, 0.15) is 6.04 Å². The lowest BCUT2D eigenvalue weighted by atomic mass is 9.55. The van der Waals surface area contributed by atoms with Crippen LogP contribution in [0.5, 0.6) is 0 Å². The van der Waals surface area contributed by atoms with Crippen LogP contribution in [0.25, 0.3) is 0 Å². The van der Waals surface area contributed by atoms with Crippen molar-refractivity contribution in [2.45, 2.75) is 38.1 Å². The minimum Gasteiger partial charge on any atom is -0.324 e. The van der Waals surface area contributed by atoms with E-state index in [-0.39, 0.29) is 29.6 Å². The van der Waals surface area contributed by atoms with E-state index in [1.54, 1.807) is 11.8 Å². The number of hydrogen-bond acceptors (Lipinski definition) is 4. The van der Waals surface area contributed by atoms with E-state index in [1.807, 2.05) is 62.6 Å². The number of nitrogens with one attached hydrogen (secondary N) is 1. The molecule has 3 aromatic rings. The van der Waals surface area contributed by atoms with Gasteiger partial charge in [-0.15, -0.1) is 0 Å². The zero-order chi connectivity index (χ0) is 25.8. The molecule has 1 N–H and O–H groups in total. The number of carbonyl (C=O) groups excluding carboxylic acids is 3. The molecule has 0 unspecified atom stereocenters. The highest BCUT2D eigenvalue weighted by molar-refractivity contribution is 7.98. The summed E-state index contributed by atoms with van der Waals surface area (Å²) < 4.78 is 0. The average molecular weight is 511 g/mol. The molecule has 4 aliphatic rings. The number of amides is 3. The lowest BCUT2D eigenvalue weighted by Gasteiger charge is -2.45. The van der Waals surface area contributed by atoms with Crippen LogP contribution in [0.2, 0.25) is 0 Å². The topological polar surface area (TPSA) is 66.5 Å². The monoisotopic (exact) mass is 510 g/mol. The molecular weight excluding hydrogens is 480 g/mol. The summed E-state index contributed by atoms with van der Waals surface area (Å²) in [4.78, 5) is 43.3. The zero-order valence-corrected chi connectivity index (χ0v) is 22.0. The van der Waals surface area contributed by atoms with Gasteiger partial charge in [0, 0.05) is 17.5 Å². The molecule has 0 radical (unpaired) electrons. The fraction of sp³-hybridized carbons (Fsp3) is 0.323. The smallest absolute Gasteiger partial charge is 0.247 e. The lowest BCUT2D eigenvalue weighted by Crippen LogP contribution is -2.48. The van der Waals surface area contributed by atoms with Crippen LogP contribution in [-0.4, -0.2) is 40.7 Å². The zero-order valence-electron chi connectivity index (χ0n) is 21.2. The summed E-state index contributed by atoms with van der Waals surface area (Å²) in [6.45, 7) is 3.96. The number of benzene rings is 3. The van der Waals surface area contributed by atoms with Crippen LogP contribution in [0.3, 0.4) is 0 Å². The van der Waals surface area contributed by atoms with Gasteiger partial charge in [-0.1, -0.05) is 66.2 Å². The van der Waals surface area contributed by atoms with Crippen LogP contribution in [0.15, 0.2) is 66.7 Å². The maximum Gasteiger partial charge on any atom is 0.247 e. The summed E-state index contributed by atoms with van der Waals surface area (Å²) in [5.41, 5.74) is 7.31. The van der Waals surface area contributed by atoms with Gasteiger partial charge in [-0.3, -0.25) is 19.3 Å². The van der Waals surface area contributed by atoms with Crippen LogP contribution in [0.4, 0.5) is 5.69 Å². The van der Waals surface area contributed by atoms with Gasteiger partial charge < -0.3 is 5.32 Å². The Morgan fingerprint density at radius 2 is 1.38 bits per heavy atom. The number of likely N-dealkylation sites (tertiary alicyclic amines) is 1. The van der Waals surface area contributed by atoms with E-state index >= 15 is 0 Å². The maximum absolute atomic E-state index is 14.2. The first-order chi connectivity index (χ1) is 17.9. The molecule has 3 aromatic carbocycles. The molecule has 7 rings (SSSR count). The number of aryl methyl sites for hydroxylation is 2. The minimum absolute atomic E-state index is 0.174. The minimum atomic E-state index is -0.843. The molecule has 37 heavy (non-hydrogen) atoms. The Hall–Kier alpha value is -3.38. The van der Waals surface area contributed by atoms with E-state index in [1.165, 1.54) is 4.90 Å². The van der Waals surface area contributed by atoms with Gasteiger partial charge in [-0.2, -0.15) is 11.8 Å². The molecular formula is C31H30N2O3S. The SMILES string of the molecule is CSCC[C@@H](C(=O)Nc1ccc(C)cc1C)N1C(=O)[C@H]2C3c4ccccc4C(c4ccccc43)[C@@H]2C1=O. The Morgan fingerprint density at radius 1 is 0.865 bits per heavy atom. The molecule has 1 aliphatic heterocycles. The molecule has 2 bridgehead atoms. The molecule has 3 amide bonds. The summed E-state index contributed by atoms with van der Waals surface area (Å²) in [5, 5.41) is 3.02. The summed E-state index contributed by atoms with van der Waals surface area (Å²) >= 11 is 1.61. The number of nitrogens with zero attached hydrogens (tertiary/aromatic N) is 1. The van der Waals surface area contributed by atoms with E-state index in [9.17, 15) is 14.4 Å². The van der Waals surface area contributed by atoms with E-state index in [0.29, 0.717) is 17.9 Å². The quantitative estimate of drug-likeness (QED) is 0.460. The second-order valence-electron chi connectivity index (χ2n) is 10.4. The number of hydrogen-bond donors (Lipinski definition) is 1. The molecule has 5 nitrogen and oxygen atoms in total. The summed E-state index contributed by atoms with van der Waals surface area (Å²) in [7, 11) is 0. The highest BCUT2D eigenvalue weighted by Gasteiger charge is 2.62.